The zero-order valence-electron chi connectivity index (χ0n) is 21.3. The second-order valence-electron chi connectivity index (χ2n) is 10.5. The molecule has 1 N–H and O–H groups in total. The van der Waals surface area contributed by atoms with Gasteiger partial charge in [0.15, 0.2) is 0 Å². The first-order valence-corrected chi connectivity index (χ1v) is 13.3. The van der Waals surface area contributed by atoms with E-state index in [-0.39, 0.29) is 12.1 Å². The Morgan fingerprint density at radius 3 is 2.56 bits per heavy atom. The molecule has 1 heterocycles. The number of morpholine rings is 1. The summed E-state index contributed by atoms with van der Waals surface area (Å²) in [5.74, 6) is 2.34. The van der Waals surface area contributed by atoms with Crippen LogP contribution >= 0.6 is 0 Å². The zero-order chi connectivity index (χ0) is 25.1. The van der Waals surface area contributed by atoms with E-state index in [1.54, 1.807) is 6.92 Å². The van der Waals surface area contributed by atoms with E-state index in [0.29, 0.717) is 30.8 Å². The van der Waals surface area contributed by atoms with Gasteiger partial charge in [-0.25, -0.2) is 4.79 Å². The van der Waals surface area contributed by atoms with Crippen molar-refractivity contribution in [1.29, 1.82) is 0 Å². The summed E-state index contributed by atoms with van der Waals surface area (Å²) in [5.41, 5.74) is 5.93. The Morgan fingerprint density at radius 2 is 1.83 bits per heavy atom. The minimum Gasteiger partial charge on any atom is -0.494 e. The van der Waals surface area contributed by atoms with Crippen molar-refractivity contribution < 1.29 is 14.3 Å². The van der Waals surface area contributed by atoms with Gasteiger partial charge in [0, 0.05) is 12.1 Å². The molecule has 1 unspecified atom stereocenters. The number of allylic oxidation sites excluding steroid dienone is 2. The van der Waals surface area contributed by atoms with Gasteiger partial charge in [0.25, 0.3) is 0 Å². The van der Waals surface area contributed by atoms with Gasteiger partial charge in [-0.3, -0.25) is 0 Å². The second kappa shape index (κ2) is 10.7. The number of aryl methyl sites for hydroxylation is 1. The monoisotopic (exact) mass is 484 g/mol. The molecule has 0 bridgehead atoms. The van der Waals surface area contributed by atoms with Crippen LogP contribution in [0.1, 0.15) is 68.1 Å². The van der Waals surface area contributed by atoms with Crippen molar-refractivity contribution in [3.05, 3.63) is 83.1 Å². The van der Waals surface area contributed by atoms with Crippen molar-refractivity contribution in [1.82, 2.24) is 4.90 Å². The lowest BCUT2D eigenvalue weighted by molar-refractivity contribution is -0.118. The number of carbonyl (C=O) groups excluding carboxylic acids is 2. The topological polar surface area (TPSA) is 58.6 Å². The predicted molar refractivity (Wildman–Crippen MR) is 144 cm³/mol. The van der Waals surface area contributed by atoms with Crippen LogP contribution in [0.15, 0.2) is 66.4 Å². The minimum absolute atomic E-state index is 0.0724. The molecular weight excluding hydrogens is 448 g/mol. The number of nitrogens with zero attached hydrogens (tertiary/aromatic N) is 1. The van der Waals surface area contributed by atoms with Crippen LogP contribution in [0.4, 0.5) is 10.5 Å². The molecule has 1 saturated carbocycles. The molecule has 0 aromatic heterocycles. The molecule has 1 aliphatic heterocycles. The largest absolute Gasteiger partial charge is 0.494 e. The van der Waals surface area contributed by atoms with Gasteiger partial charge in [-0.1, -0.05) is 42.5 Å². The lowest BCUT2D eigenvalue weighted by atomic mass is 9.76. The summed E-state index contributed by atoms with van der Waals surface area (Å²) in [5, 5.41) is 3.01. The number of ether oxygens (including phenoxy) is 1. The predicted octanol–water partition coefficient (Wildman–Crippen LogP) is 6.85. The van der Waals surface area contributed by atoms with Gasteiger partial charge in [0.05, 0.1) is 12.6 Å². The Kier molecular flexibility index (Phi) is 7.26. The number of hydrogen-bond acceptors (Lipinski definition) is 3. The van der Waals surface area contributed by atoms with Crippen LogP contribution in [0.3, 0.4) is 0 Å². The summed E-state index contributed by atoms with van der Waals surface area (Å²) >= 11 is 0. The number of fused-ring (bicyclic) bond motifs is 1. The van der Waals surface area contributed by atoms with Crippen LogP contribution < -0.4 is 5.32 Å². The summed E-state index contributed by atoms with van der Waals surface area (Å²) in [4.78, 5) is 26.3. The van der Waals surface area contributed by atoms with E-state index in [2.05, 4.69) is 42.6 Å². The number of rotatable bonds is 5. The second-order valence-corrected chi connectivity index (χ2v) is 10.5. The van der Waals surface area contributed by atoms with Gasteiger partial charge in [-0.2, -0.15) is 0 Å². The molecule has 2 fully saturated rings. The number of amides is 2. The molecule has 188 valence electrons. The molecule has 2 aromatic carbocycles. The molecule has 5 rings (SSSR count). The highest BCUT2D eigenvalue weighted by Gasteiger charge is 2.33. The molecule has 2 aliphatic carbocycles. The Balaban J connectivity index is 1.25. The normalized spacial score (nSPS) is 23.6. The quantitative estimate of drug-likeness (QED) is 0.505. The highest BCUT2D eigenvalue weighted by molar-refractivity contribution is 5.90. The fourth-order valence-corrected chi connectivity index (χ4v) is 6.06. The number of hydrogen-bond donors (Lipinski definition) is 1. The number of para-hydroxylation sites is 1. The third kappa shape index (κ3) is 5.40. The number of urea groups is 1. The number of ketones is 1. The highest BCUT2D eigenvalue weighted by atomic mass is 16.5. The van der Waals surface area contributed by atoms with E-state index in [1.807, 2.05) is 35.2 Å². The number of nitrogens with one attached hydrogen (secondary N) is 1. The number of Topliss-reactive ketones (excluding diaryl/α,β-unsaturated/α-hetero) is 1. The maximum atomic E-state index is 13.0. The van der Waals surface area contributed by atoms with E-state index in [1.165, 1.54) is 29.5 Å². The fourth-order valence-electron chi connectivity index (χ4n) is 6.06. The first-order chi connectivity index (χ1) is 17.5. The van der Waals surface area contributed by atoms with Crippen molar-refractivity contribution >= 4 is 23.1 Å². The first-order valence-electron chi connectivity index (χ1n) is 13.3. The molecule has 1 atom stereocenters. The molecular formula is C31H36N2O3. The maximum absolute atomic E-state index is 13.0. The van der Waals surface area contributed by atoms with Gasteiger partial charge in [-0.15, -0.1) is 0 Å². The fraction of sp³-hybridized carbons (Fsp3) is 0.419. The van der Waals surface area contributed by atoms with Gasteiger partial charge in [-0.05, 0) is 98.3 Å². The van der Waals surface area contributed by atoms with E-state index < -0.39 is 0 Å². The summed E-state index contributed by atoms with van der Waals surface area (Å²) in [7, 11) is 0. The van der Waals surface area contributed by atoms with Crippen LogP contribution in [0.25, 0.3) is 5.57 Å². The van der Waals surface area contributed by atoms with Crippen LogP contribution in [0.2, 0.25) is 0 Å². The van der Waals surface area contributed by atoms with Gasteiger partial charge in [0.2, 0.25) is 0 Å². The molecule has 0 spiro atoms. The van der Waals surface area contributed by atoms with E-state index in [9.17, 15) is 9.59 Å². The van der Waals surface area contributed by atoms with Gasteiger partial charge < -0.3 is 19.7 Å². The first kappa shape index (κ1) is 24.4. The van der Waals surface area contributed by atoms with E-state index in [0.717, 1.165) is 42.7 Å². The van der Waals surface area contributed by atoms with Crippen LogP contribution in [-0.2, 0) is 9.53 Å². The Labute approximate surface area is 214 Å². The van der Waals surface area contributed by atoms with Gasteiger partial charge in [0.1, 0.15) is 18.1 Å². The van der Waals surface area contributed by atoms with Crippen LogP contribution in [0, 0.1) is 12.8 Å². The molecule has 5 nitrogen and oxygen atoms in total. The highest BCUT2D eigenvalue weighted by Crippen LogP contribution is 2.39. The standard InChI is InChI=1S/C31H36N2O3/c1-21-18-25(12-14-28(21)24-10-8-23(9-11-24)19-22(2)34)26-13-15-29-30(20-26)36-17-16-33(29)31(35)32-27-6-4-3-5-7-27/h3-7,12-14,18,20,23-24,29H,8-11,15-17,19H2,1-2H3,(H,32,35). The van der Waals surface area contributed by atoms with Crippen molar-refractivity contribution in [2.75, 3.05) is 18.5 Å². The summed E-state index contributed by atoms with van der Waals surface area (Å²) < 4.78 is 6.03. The Morgan fingerprint density at radius 1 is 1.06 bits per heavy atom. The molecule has 1 saturated heterocycles. The molecule has 36 heavy (non-hydrogen) atoms. The minimum atomic E-state index is -0.0875. The molecule has 5 heteroatoms. The van der Waals surface area contributed by atoms with Crippen molar-refractivity contribution in [2.45, 2.75) is 64.3 Å². The van der Waals surface area contributed by atoms with Crippen LogP contribution in [-0.4, -0.2) is 35.9 Å². The lowest BCUT2D eigenvalue weighted by Gasteiger charge is -2.38. The number of benzene rings is 2. The molecule has 3 aliphatic rings. The molecule has 0 radical (unpaired) electrons. The molecule has 2 aromatic rings. The summed E-state index contributed by atoms with van der Waals surface area (Å²) in [6, 6.07) is 16.2. The Bertz CT molecular complexity index is 1180. The lowest BCUT2D eigenvalue weighted by Crippen LogP contribution is -2.49. The SMILES string of the molecule is CC(=O)CC1CCC(c2ccc(C3=CCC4C(=C3)OCCN4C(=O)Nc3ccccc3)cc2C)CC1. The Hall–Kier alpha value is -3.34. The summed E-state index contributed by atoms with van der Waals surface area (Å²) in [6.07, 6.45) is 10.4. The van der Waals surface area contributed by atoms with Crippen molar-refractivity contribution in [3.63, 3.8) is 0 Å². The average Bonchev–Trinajstić information content (AvgIpc) is 2.89. The van der Waals surface area contributed by atoms with E-state index >= 15 is 0 Å². The number of carbonyl (C=O) groups is 2. The van der Waals surface area contributed by atoms with Gasteiger partial charge >= 0.3 is 6.03 Å². The number of anilines is 1. The maximum Gasteiger partial charge on any atom is 0.322 e. The van der Waals surface area contributed by atoms with E-state index in [4.69, 9.17) is 4.74 Å². The average molecular weight is 485 g/mol. The van der Waals surface area contributed by atoms with Crippen molar-refractivity contribution in [2.24, 2.45) is 5.92 Å². The van der Waals surface area contributed by atoms with Crippen molar-refractivity contribution in [3.8, 4) is 0 Å². The zero-order valence-corrected chi connectivity index (χ0v) is 21.3. The smallest absolute Gasteiger partial charge is 0.322 e. The third-order valence-electron chi connectivity index (χ3n) is 7.92. The third-order valence-corrected chi connectivity index (χ3v) is 7.92. The molecule has 2 amide bonds. The van der Waals surface area contributed by atoms with Crippen LogP contribution in [0.5, 0.6) is 0 Å². The summed E-state index contributed by atoms with van der Waals surface area (Å²) in [6.45, 7) is 5.00.